The Morgan fingerprint density at radius 2 is 1.96 bits per heavy atom. The Morgan fingerprint density at radius 1 is 1.30 bits per heavy atom. The van der Waals surface area contributed by atoms with Gasteiger partial charge in [-0.15, -0.1) is 0 Å². The van der Waals surface area contributed by atoms with Crippen molar-refractivity contribution in [3.05, 3.63) is 18.1 Å². The van der Waals surface area contributed by atoms with Crippen LogP contribution in [0.2, 0.25) is 0 Å². The van der Waals surface area contributed by atoms with Crippen molar-refractivity contribution in [2.75, 3.05) is 25.0 Å². The van der Waals surface area contributed by atoms with E-state index in [1.54, 1.807) is 6.33 Å². The molecule has 1 fully saturated rings. The van der Waals surface area contributed by atoms with Crippen LogP contribution in [0, 0.1) is 5.41 Å². The fourth-order valence-electron chi connectivity index (χ4n) is 3.13. The van der Waals surface area contributed by atoms with Gasteiger partial charge < -0.3 is 9.80 Å². The number of carbonyl (C=O) groups is 1. The fourth-order valence-corrected chi connectivity index (χ4v) is 3.13. The number of piperidine rings is 1. The normalized spacial score (nSPS) is 16.5. The second kappa shape index (κ2) is 7.28. The lowest BCUT2D eigenvalue weighted by Crippen LogP contribution is -2.48. The lowest BCUT2D eigenvalue weighted by Gasteiger charge is -2.39. The molecule has 0 atom stereocenters. The number of nitrogens with zero attached hydrogens (tertiary/aromatic N) is 4. The molecule has 0 saturated carbocycles. The zero-order valence-corrected chi connectivity index (χ0v) is 15.2. The van der Waals surface area contributed by atoms with Crippen LogP contribution in [0.25, 0.3) is 0 Å². The summed E-state index contributed by atoms with van der Waals surface area (Å²) in [7, 11) is 1.94. The van der Waals surface area contributed by atoms with E-state index in [1.807, 2.05) is 32.7 Å². The van der Waals surface area contributed by atoms with Crippen molar-refractivity contribution in [1.82, 2.24) is 14.9 Å². The van der Waals surface area contributed by atoms with Gasteiger partial charge in [0.05, 0.1) is 0 Å². The fraction of sp³-hybridized carbons (Fsp3) is 0.722. The third kappa shape index (κ3) is 4.43. The Hall–Kier alpha value is -1.65. The van der Waals surface area contributed by atoms with E-state index in [9.17, 15) is 4.79 Å². The first kappa shape index (κ1) is 17.7. The van der Waals surface area contributed by atoms with Gasteiger partial charge in [-0.05, 0) is 19.3 Å². The number of carbonyl (C=O) groups excluding carboxylic acids is 1. The summed E-state index contributed by atoms with van der Waals surface area (Å²) in [6.07, 6.45) is 5.74. The molecule has 0 spiro atoms. The highest BCUT2D eigenvalue weighted by Crippen LogP contribution is 2.24. The predicted molar refractivity (Wildman–Crippen MR) is 93.5 cm³/mol. The van der Waals surface area contributed by atoms with E-state index in [-0.39, 0.29) is 11.3 Å². The summed E-state index contributed by atoms with van der Waals surface area (Å²) in [6.45, 7) is 9.99. The van der Waals surface area contributed by atoms with E-state index in [0.29, 0.717) is 6.04 Å². The van der Waals surface area contributed by atoms with E-state index in [2.05, 4.69) is 27.9 Å². The number of anilines is 1. The zero-order valence-electron chi connectivity index (χ0n) is 15.2. The van der Waals surface area contributed by atoms with Crippen LogP contribution in [0.15, 0.2) is 12.4 Å². The van der Waals surface area contributed by atoms with E-state index in [1.165, 1.54) is 0 Å². The maximum absolute atomic E-state index is 12.4. The first-order valence-electron chi connectivity index (χ1n) is 8.66. The highest BCUT2D eigenvalue weighted by Gasteiger charge is 2.31. The van der Waals surface area contributed by atoms with E-state index in [4.69, 9.17) is 0 Å². The van der Waals surface area contributed by atoms with Crippen molar-refractivity contribution in [2.24, 2.45) is 5.41 Å². The second-order valence-electron chi connectivity index (χ2n) is 7.50. The maximum atomic E-state index is 12.4. The minimum Gasteiger partial charge on any atom is -0.356 e. The molecule has 0 radical (unpaired) electrons. The molecule has 128 valence electrons. The monoisotopic (exact) mass is 318 g/mol. The van der Waals surface area contributed by atoms with Crippen LogP contribution in [-0.4, -0.2) is 47.0 Å². The Bertz CT molecular complexity index is 530. The van der Waals surface area contributed by atoms with Gasteiger partial charge in [-0.3, -0.25) is 4.79 Å². The standard InChI is InChI=1S/C18H30N4O/c1-6-7-14-12-16(20-13-19-14)22-10-8-15(9-11-22)21(5)17(23)18(2,3)4/h12-13,15H,6-11H2,1-5H3. The van der Waals surface area contributed by atoms with Gasteiger partial charge in [0.1, 0.15) is 12.1 Å². The highest BCUT2D eigenvalue weighted by molar-refractivity contribution is 5.81. The maximum Gasteiger partial charge on any atom is 0.227 e. The van der Waals surface area contributed by atoms with Gasteiger partial charge >= 0.3 is 0 Å². The predicted octanol–water partition coefficient (Wildman–Crippen LogP) is 2.90. The Balaban J connectivity index is 1.96. The van der Waals surface area contributed by atoms with Crippen molar-refractivity contribution in [3.8, 4) is 0 Å². The molecule has 1 saturated heterocycles. The molecule has 0 bridgehead atoms. The molecule has 2 rings (SSSR count). The minimum absolute atomic E-state index is 0.225. The van der Waals surface area contributed by atoms with Gasteiger partial charge in [0.25, 0.3) is 0 Å². The van der Waals surface area contributed by atoms with E-state index < -0.39 is 0 Å². The van der Waals surface area contributed by atoms with Crippen LogP contribution in [0.3, 0.4) is 0 Å². The third-order valence-corrected chi connectivity index (χ3v) is 4.51. The third-order valence-electron chi connectivity index (χ3n) is 4.51. The molecule has 0 unspecified atom stereocenters. The average molecular weight is 318 g/mol. The molecule has 5 heteroatoms. The van der Waals surface area contributed by atoms with Crippen molar-refractivity contribution in [3.63, 3.8) is 0 Å². The van der Waals surface area contributed by atoms with Crippen LogP contribution in [0.5, 0.6) is 0 Å². The number of hydrogen-bond donors (Lipinski definition) is 0. The Kier molecular flexibility index (Phi) is 5.60. The quantitative estimate of drug-likeness (QED) is 0.856. The van der Waals surface area contributed by atoms with Crippen LogP contribution in [-0.2, 0) is 11.2 Å². The minimum atomic E-state index is -0.312. The van der Waals surface area contributed by atoms with Gasteiger partial charge in [-0.25, -0.2) is 9.97 Å². The molecule has 1 amide bonds. The van der Waals surface area contributed by atoms with Crippen molar-refractivity contribution >= 4 is 11.7 Å². The van der Waals surface area contributed by atoms with E-state index >= 15 is 0 Å². The molecule has 2 heterocycles. The average Bonchev–Trinajstić information content (AvgIpc) is 2.53. The first-order chi connectivity index (χ1) is 10.8. The summed E-state index contributed by atoms with van der Waals surface area (Å²) in [5, 5.41) is 0. The highest BCUT2D eigenvalue weighted by atomic mass is 16.2. The number of amides is 1. The topological polar surface area (TPSA) is 49.3 Å². The number of aromatic nitrogens is 2. The number of aryl methyl sites for hydroxylation is 1. The Labute approximate surface area is 140 Å². The van der Waals surface area contributed by atoms with Gasteiger partial charge in [0.2, 0.25) is 5.91 Å². The smallest absolute Gasteiger partial charge is 0.227 e. The molecule has 1 aliphatic rings. The summed E-state index contributed by atoms with van der Waals surface area (Å²) < 4.78 is 0. The Morgan fingerprint density at radius 3 is 2.52 bits per heavy atom. The largest absolute Gasteiger partial charge is 0.356 e. The summed E-state index contributed by atoms with van der Waals surface area (Å²) >= 11 is 0. The molecule has 0 aromatic carbocycles. The molecule has 1 aromatic heterocycles. The van der Waals surface area contributed by atoms with Crippen LogP contribution in [0.4, 0.5) is 5.82 Å². The summed E-state index contributed by atoms with van der Waals surface area (Å²) in [5.74, 6) is 1.25. The molecule has 23 heavy (non-hydrogen) atoms. The number of hydrogen-bond acceptors (Lipinski definition) is 4. The van der Waals surface area contributed by atoms with E-state index in [0.717, 1.165) is 50.3 Å². The summed E-state index contributed by atoms with van der Waals surface area (Å²) in [4.78, 5) is 25.4. The van der Waals surface area contributed by atoms with Gasteiger partial charge in [0.15, 0.2) is 0 Å². The second-order valence-corrected chi connectivity index (χ2v) is 7.50. The SMILES string of the molecule is CCCc1cc(N2CCC(N(C)C(=O)C(C)(C)C)CC2)ncn1. The molecule has 0 N–H and O–H groups in total. The molecule has 1 aliphatic heterocycles. The van der Waals surface area contributed by atoms with Gasteiger partial charge in [-0.2, -0.15) is 0 Å². The molecular formula is C18H30N4O. The summed E-state index contributed by atoms with van der Waals surface area (Å²) in [5.41, 5.74) is 0.799. The lowest BCUT2D eigenvalue weighted by molar-refractivity contribution is -0.140. The number of rotatable bonds is 4. The molecule has 0 aliphatic carbocycles. The zero-order chi connectivity index (χ0) is 17.0. The molecule has 5 nitrogen and oxygen atoms in total. The molecule has 1 aromatic rings. The van der Waals surface area contributed by atoms with Crippen molar-refractivity contribution in [1.29, 1.82) is 0 Å². The van der Waals surface area contributed by atoms with Gasteiger partial charge in [0, 0.05) is 43.4 Å². The van der Waals surface area contributed by atoms with Crippen LogP contribution < -0.4 is 4.90 Å². The lowest BCUT2D eigenvalue weighted by atomic mass is 9.92. The summed E-state index contributed by atoms with van der Waals surface area (Å²) in [6, 6.07) is 2.43. The van der Waals surface area contributed by atoms with Crippen LogP contribution in [0.1, 0.15) is 52.7 Å². The van der Waals surface area contributed by atoms with Crippen LogP contribution >= 0.6 is 0 Å². The molecular weight excluding hydrogens is 288 g/mol. The first-order valence-corrected chi connectivity index (χ1v) is 8.66. The van der Waals surface area contributed by atoms with Gasteiger partial charge in [-0.1, -0.05) is 34.1 Å². The van der Waals surface area contributed by atoms with Crippen molar-refractivity contribution in [2.45, 2.75) is 59.4 Å². The van der Waals surface area contributed by atoms with Crippen molar-refractivity contribution < 1.29 is 4.79 Å².